The first-order valence-electron chi connectivity index (χ1n) is 6.74. The van der Waals surface area contributed by atoms with Crippen LogP contribution < -0.4 is 5.32 Å². The smallest absolute Gasteiger partial charge is 0.269 e. The molecular weight excluding hydrogens is 252 g/mol. The van der Waals surface area contributed by atoms with Crippen LogP contribution in [0.5, 0.6) is 0 Å². The summed E-state index contributed by atoms with van der Waals surface area (Å²) in [5, 5.41) is 14.0. The van der Waals surface area contributed by atoms with Gasteiger partial charge in [-0.05, 0) is 37.1 Å². The Labute approximate surface area is 118 Å². The van der Waals surface area contributed by atoms with E-state index in [2.05, 4.69) is 17.4 Å². The number of benzene rings is 2. The minimum atomic E-state index is -0.355. The second-order valence-corrected chi connectivity index (χ2v) is 4.66. The lowest BCUT2D eigenvalue weighted by Crippen LogP contribution is -2.20. The maximum atomic E-state index is 10.7. The SMILES string of the molecule is O=[N+]([O-])c1cccc(CCNCCc2ccccc2)c1. The molecule has 2 aromatic carbocycles. The van der Waals surface area contributed by atoms with E-state index < -0.39 is 0 Å². The molecule has 4 heteroatoms. The van der Waals surface area contributed by atoms with Crippen LogP contribution in [0.15, 0.2) is 54.6 Å². The molecule has 104 valence electrons. The molecule has 0 spiro atoms. The molecule has 0 aromatic heterocycles. The van der Waals surface area contributed by atoms with Crippen molar-refractivity contribution < 1.29 is 4.92 Å². The van der Waals surface area contributed by atoms with Gasteiger partial charge in [-0.3, -0.25) is 10.1 Å². The molecule has 0 radical (unpaired) electrons. The molecular formula is C16H18N2O2. The van der Waals surface area contributed by atoms with E-state index in [1.807, 2.05) is 24.3 Å². The van der Waals surface area contributed by atoms with E-state index in [0.29, 0.717) is 0 Å². The molecule has 0 bridgehead atoms. The van der Waals surface area contributed by atoms with Crippen LogP contribution in [0.3, 0.4) is 0 Å². The van der Waals surface area contributed by atoms with Crippen molar-refractivity contribution in [1.82, 2.24) is 5.32 Å². The number of hydrogen-bond acceptors (Lipinski definition) is 3. The fraction of sp³-hybridized carbons (Fsp3) is 0.250. The summed E-state index contributed by atoms with van der Waals surface area (Å²) >= 11 is 0. The maximum absolute atomic E-state index is 10.7. The highest BCUT2D eigenvalue weighted by Crippen LogP contribution is 2.13. The van der Waals surface area contributed by atoms with Crippen LogP contribution in [0.2, 0.25) is 0 Å². The van der Waals surface area contributed by atoms with Crippen molar-refractivity contribution in [3.63, 3.8) is 0 Å². The Morgan fingerprint density at radius 3 is 2.25 bits per heavy atom. The number of non-ortho nitro benzene ring substituents is 1. The second kappa shape index (κ2) is 7.40. The van der Waals surface area contributed by atoms with Gasteiger partial charge in [-0.25, -0.2) is 0 Å². The predicted octanol–water partition coefficient (Wildman–Crippen LogP) is 2.97. The van der Waals surface area contributed by atoms with Crippen molar-refractivity contribution >= 4 is 5.69 Å². The molecule has 4 nitrogen and oxygen atoms in total. The van der Waals surface area contributed by atoms with Gasteiger partial charge < -0.3 is 5.32 Å². The summed E-state index contributed by atoms with van der Waals surface area (Å²) in [5.74, 6) is 0. The third-order valence-corrected chi connectivity index (χ3v) is 3.15. The molecule has 2 rings (SSSR count). The van der Waals surface area contributed by atoms with Crippen molar-refractivity contribution in [2.75, 3.05) is 13.1 Å². The summed E-state index contributed by atoms with van der Waals surface area (Å²) in [7, 11) is 0. The highest BCUT2D eigenvalue weighted by Gasteiger charge is 2.04. The van der Waals surface area contributed by atoms with Gasteiger partial charge in [0.2, 0.25) is 0 Å². The van der Waals surface area contributed by atoms with Gasteiger partial charge in [0.1, 0.15) is 0 Å². The Morgan fingerprint density at radius 2 is 1.55 bits per heavy atom. The van der Waals surface area contributed by atoms with Crippen LogP contribution in [0, 0.1) is 10.1 Å². The molecule has 0 fully saturated rings. The standard InChI is InChI=1S/C16H18N2O2/c19-18(20)16-8-4-7-15(13-16)10-12-17-11-9-14-5-2-1-3-6-14/h1-8,13,17H,9-12H2. The van der Waals surface area contributed by atoms with Crippen molar-refractivity contribution in [3.8, 4) is 0 Å². The summed E-state index contributed by atoms with van der Waals surface area (Å²) in [4.78, 5) is 10.3. The predicted molar refractivity (Wildman–Crippen MR) is 79.8 cm³/mol. The molecule has 0 aliphatic rings. The van der Waals surface area contributed by atoms with Gasteiger partial charge in [-0.2, -0.15) is 0 Å². The minimum absolute atomic E-state index is 0.159. The topological polar surface area (TPSA) is 55.2 Å². The minimum Gasteiger partial charge on any atom is -0.316 e. The largest absolute Gasteiger partial charge is 0.316 e. The Bertz CT molecular complexity index is 555. The summed E-state index contributed by atoms with van der Waals surface area (Å²) in [6.45, 7) is 1.74. The van der Waals surface area contributed by atoms with Gasteiger partial charge in [0, 0.05) is 12.1 Å². The molecule has 0 heterocycles. The quantitative estimate of drug-likeness (QED) is 0.478. The molecule has 0 unspecified atom stereocenters. The van der Waals surface area contributed by atoms with Crippen molar-refractivity contribution in [1.29, 1.82) is 0 Å². The normalized spacial score (nSPS) is 10.4. The lowest BCUT2D eigenvalue weighted by atomic mass is 10.1. The van der Waals surface area contributed by atoms with Gasteiger partial charge in [-0.15, -0.1) is 0 Å². The summed E-state index contributed by atoms with van der Waals surface area (Å²) in [6.07, 6.45) is 1.80. The third-order valence-electron chi connectivity index (χ3n) is 3.15. The molecule has 0 aliphatic heterocycles. The number of rotatable bonds is 7. The number of hydrogen-bond donors (Lipinski definition) is 1. The van der Waals surface area contributed by atoms with Gasteiger partial charge in [0.05, 0.1) is 4.92 Å². The molecule has 0 aliphatic carbocycles. The van der Waals surface area contributed by atoms with Crippen LogP contribution in [-0.4, -0.2) is 18.0 Å². The Hall–Kier alpha value is -2.20. The molecule has 2 aromatic rings. The number of nitrogens with zero attached hydrogens (tertiary/aromatic N) is 1. The van der Waals surface area contributed by atoms with E-state index in [0.717, 1.165) is 31.5 Å². The zero-order valence-electron chi connectivity index (χ0n) is 11.3. The molecule has 0 saturated heterocycles. The summed E-state index contributed by atoms with van der Waals surface area (Å²) in [6, 6.07) is 17.1. The average molecular weight is 270 g/mol. The fourth-order valence-electron chi connectivity index (χ4n) is 2.06. The third kappa shape index (κ3) is 4.48. The number of nitrogens with one attached hydrogen (secondary N) is 1. The van der Waals surface area contributed by atoms with Gasteiger partial charge in [0.15, 0.2) is 0 Å². The van der Waals surface area contributed by atoms with Crippen molar-refractivity contribution in [3.05, 3.63) is 75.8 Å². The summed E-state index contributed by atoms with van der Waals surface area (Å²) in [5.41, 5.74) is 2.47. The maximum Gasteiger partial charge on any atom is 0.269 e. The van der Waals surface area contributed by atoms with Crippen LogP contribution in [0.1, 0.15) is 11.1 Å². The van der Waals surface area contributed by atoms with Crippen LogP contribution in [0.4, 0.5) is 5.69 Å². The first kappa shape index (κ1) is 14.2. The molecule has 0 atom stereocenters. The number of nitro benzene ring substituents is 1. The second-order valence-electron chi connectivity index (χ2n) is 4.66. The average Bonchev–Trinajstić information content (AvgIpc) is 2.48. The van der Waals surface area contributed by atoms with Crippen LogP contribution in [-0.2, 0) is 12.8 Å². The Morgan fingerprint density at radius 1 is 0.900 bits per heavy atom. The highest BCUT2D eigenvalue weighted by molar-refractivity contribution is 5.34. The molecule has 1 N–H and O–H groups in total. The van der Waals surface area contributed by atoms with E-state index in [4.69, 9.17) is 0 Å². The summed E-state index contributed by atoms with van der Waals surface area (Å²) < 4.78 is 0. The van der Waals surface area contributed by atoms with E-state index in [9.17, 15) is 10.1 Å². The Balaban J connectivity index is 1.71. The fourth-order valence-corrected chi connectivity index (χ4v) is 2.06. The van der Waals surface area contributed by atoms with Gasteiger partial charge in [-0.1, -0.05) is 42.5 Å². The van der Waals surface area contributed by atoms with Gasteiger partial charge >= 0.3 is 0 Å². The van der Waals surface area contributed by atoms with Crippen molar-refractivity contribution in [2.24, 2.45) is 0 Å². The van der Waals surface area contributed by atoms with Crippen LogP contribution in [0.25, 0.3) is 0 Å². The van der Waals surface area contributed by atoms with E-state index in [-0.39, 0.29) is 10.6 Å². The first-order chi connectivity index (χ1) is 9.75. The van der Waals surface area contributed by atoms with Gasteiger partial charge in [0.25, 0.3) is 5.69 Å². The van der Waals surface area contributed by atoms with E-state index in [1.165, 1.54) is 11.6 Å². The lowest BCUT2D eigenvalue weighted by Gasteiger charge is -2.05. The monoisotopic (exact) mass is 270 g/mol. The zero-order valence-corrected chi connectivity index (χ0v) is 11.3. The van der Waals surface area contributed by atoms with E-state index >= 15 is 0 Å². The van der Waals surface area contributed by atoms with Crippen LogP contribution >= 0.6 is 0 Å². The Kier molecular flexibility index (Phi) is 5.26. The number of nitro groups is 1. The molecule has 0 saturated carbocycles. The molecule has 0 amide bonds. The lowest BCUT2D eigenvalue weighted by molar-refractivity contribution is -0.384. The van der Waals surface area contributed by atoms with E-state index in [1.54, 1.807) is 12.1 Å². The first-order valence-corrected chi connectivity index (χ1v) is 6.74. The highest BCUT2D eigenvalue weighted by atomic mass is 16.6. The zero-order chi connectivity index (χ0) is 14.2. The molecule has 20 heavy (non-hydrogen) atoms. The van der Waals surface area contributed by atoms with Crippen molar-refractivity contribution in [2.45, 2.75) is 12.8 Å².